The average Bonchev–Trinajstić information content (AvgIpc) is 2.14. The molecule has 0 fully saturated rings. The van der Waals surface area contributed by atoms with Crippen molar-refractivity contribution in [2.24, 2.45) is 0 Å². The Hall–Kier alpha value is -10.2. The van der Waals surface area contributed by atoms with Gasteiger partial charge >= 0.3 is 0 Å². The molecule has 0 atom stereocenters. The zero-order chi connectivity index (χ0) is 54.8. The lowest BCUT2D eigenvalue weighted by Gasteiger charge is -2.32. The van der Waals surface area contributed by atoms with E-state index in [9.17, 15) is 5.48 Å². The lowest BCUT2D eigenvalue weighted by Crippen LogP contribution is -2.26. The van der Waals surface area contributed by atoms with Crippen LogP contribution in [0.5, 0.6) is 0 Å². The second kappa shape index (κ2) is 17.4. The fourth-order valence-electron chi connectivity index (χ4n) is 13.1. The largest absolute Gasteiger partial charge is 0.310 e. The first-order chi connectivity index (χ1) is 40.4. The van der Waals surface area contributed by atoms with Crippen LogP contribution in [0.1, 0.15) is 27.7 Å². The average molecular weight is 996 g/mol. The van der Waals surface area contributed by atoms with E-state index >= 15 is 0 Å². The Morgan fingerprint density at radius 2 is 0.833 bits per heavy atom. The van der Waals surface area contributed by atoms with Gasteiger partial charge in [0.1, 0.15) is 0 Å². The predicted octanol–water partition coefficient (Wildman–Crippen LogP) is 20.0. The van der Waals surface area contributed by atoms with Gasteiger partial charge in [-0.3, -0.25) is 0 Å². The molecule has 0 bridgehead atoms. The summed E-state index contributed by atoms with van der Waals surface area (Å²) in [7, 11) is 0. The Bertz CT molecular complexity index is 4850. The second-order valence-corrected chi connectivity index (χ2v) is 20.5. The first kappa shape index (κ1) is 40.1. The minimum atomic E-state index is -0.535. The highest BCUT2D eigenvalue weighted by Crippen LogP contribution is 2.63. The van der Waals surface area contributed by atoms with Crippen molar-refractivity contribution in [2.75, 3.05) is 9.80 Å². The maximum Gasteiger partial charge on any atom is 0.0726 e. The van der Waals surface area contributed by atoms with Crippen LogP contribution in [0, 0.1) is 0 Å². The number of fused-ring (bicyclic) bond motifs is 15. The monoisotopic (exact) mass is 995 g/mol. The molecule has 0 amide bonds. The highest BCUT2D eigenvalue weighted by Gasteiger charge is 2.51. The first-order valence-electron chi connectivity index (χ1n) is 28.7. The summed E-state index contributed by atoms with van der Waals surface area (Å²) in [6.07, 6.45) is 0. The van der Waals surface area contributed by atoms with Crippen LogP contribution in [0.2, 0.25) is 0 Å². The summed E-state index contributed by atoms with van der Waals surface area (Å²) in [5.74, 6) is 0. The van der Waals surface area contributed by atoms with E-state index in [0.717, 1.165) is 72.1 Å². The van der Waals surface area contributed by atoms with E-state index in [1.807, 2.05) is 89.8 Å². The van der Waals surface area contributed by atoms with Crippen LogP contribution in [-0.4, -0.2) is 4.57 Å². The summed E-state index contributed by atoms with van der Waals surface area (Å²) in [5.41, 5.74) is 18.5. The number of benzene rings is 13. The SMILES string of the molecule is [2H]c1c([2H])c(N(c2ccccc2)c2cccc3ccccc23)c([2H])c([2H])c1-c1ccc2cc(N(c3ccc4c(c3)C3(c5ccccc5-c5ccccc53)c3ccccc3-4)c3ccc4c(c3)c3ccccc3n4-c3ccccc3)ccc2c1. The molecule has 0 saturated carbocycles. The quantitative estimate of drug-likeness (QED) is 0.150. The normalized spacial score (nSPS) is 13.4. The van der Waals surface area contributed by atoms with Gasteiger partial charge < -0.3 is 14.4 Å². The number of nitrogens with zero attached hydrogens (tertiary/aromatic N) is 3. The fraction of sp³-hybridized carbons (Fsp3) is 0.0133. The van der Waals surface area contributed by atoms with Crippen molar-refractivity contribution < 1.29 is 5.48 Å². The van der Waals surface area contributed by atoms with Gasteiger partial charge in [0.2, 0.25) is 0 Å². The lowest BCUT2D eigenvalue weighted by atomic mass is 9.70. The summed E-state index contributed by atoms with van der Waals surface area (Å²) in [6.45, 7) is 0. The van der Waals surface area contributed by atoms with Crippen molar-refractivity contribution in [3.05, 3.63) is 319 Å². The topological polar surface area (TPSA) is 11.4 Å². The van der Waals surface area contributed by atoms with Crippen LogP contribution in [0.4, 0.5) is 34.1 Å². The van der Waals surface area contributed by atoms with E-state index in [4.69, 9.17) is 0 Å². The van der Waals surface area contributed by atoms with Gasteiger partial charge in [-0.15, -0.1) is 0 Å². The van der Waals surface area contributed by atoms with Gasteiger partial charge in [-0.25, -0.2) is 0 Å². The number of hydrogen-bond donors (Lipinski definition) is 0. The lowest BCUT2D eigenvalue weighted by molar-refractivity contribution is 0.793. The fourth-order valence-corrected chi connectivity index (χ4v) is 13.1. The van der Waals surface area contributed by atoms with E-state index in [1.54, 1.807) is 0 Å². The van der Waals surface area contributed by atoms with Gasteiger partial charge in [-0.2, -0.15) is 0 Å². The Balaban J connectivity index is 0.870. The summed E-state index contributed by atoms with van der Waals surface area (Å²) in [5, 5.41) is 6.14. The molecule has 0 aliphatic heterocycles. The number of anilines is 6. The van der Waals surface area contributed by atoms with Crippen molar-refractivity contribution >= 4 is 77.5 Å². The van der Waals surface area contributed by atoms with E-state index in [-0.39, 0.29) is 35.4 Å². The van der Waals surface area contributed by atoms with Gasteiger partial charge in [0, 0.05) is 50.3 Å². The van der Waals surface area contributed by atoms with E-state index in [0.29, 0.717) is 5.56 Å². The van der Waals surface area contributed by atoms with Gasteiger partial charge in [0.25, 0.3) is 0 Å². The molecule has 3 nitrogen and oxygen atoms in total. The molecule has 0 unspecified atom stereocenters. The van der Waals surface area contributed by atoms with Crippen molar-refractivity contribution in [2.45, 2.75) is 5.41 Å². The highest BCUT2D eigenvalue weighted by atomic mass is 15.1. The molecule has 0 radical (unpaired) electrons. The molecule has 14 aromatic rings. The van der Waals surface area contributed by atoms with Gasteiger partial charge in [0.15, 0.2) is 0 Å². The molecule has 78 heavy (non-hydrogen) atoms. The highest BCUT2D eigenvalue weighted by molar-refractivity contribution is 6.11. The van der Waals surface area contributed by atoms with Crippen LogP contribution < -0.4 is 9.80 Å². The number of rotatable bonds is 8. The molecule has 0 saturated heterocycles. The Morgan fingerprint density at radius 1 is 0.295 bits per heavy atom. The zero-order valence-electron chi connectivity index (χ0n) is 46.3. The molecule has 3 heteroatoms. The third kappa shape index (κ3) is 6.58. The van der Waals surface area contributed by atoms with Crippen LogP contribution in [0.3, 0.4) is 0 Å². The third-order valence-electron chi connectivity index (χ3n) is 16.4. The zero-order valence-corrected chi connectivity index (χ0v) is 42.3. The number of hydrogen-bond acceptors (Lipinski definition) is 2. The molecule has 2 aliphatic rings. The second-order valence-electron chi connectivity index (χ2n) is 20.5. The smallest absolute Gasteiger partial charge is 0.0726 e. The van der Waals surface area contributed by atoms with Crippen molar-refractivity contribution in [1.82, 2.24) is 4.57 Å². The van der Waals surface area contributed by atoms with Crippen molar-refractivity contribution in [3.8, 4) is 39.1 Å². The minimum Gasteiger partial charge on any atom is -0.310 e. The minimum absolute atomic E-state index is 0.104. The molecule has 1 heterocycles. The van der Waals surface area contributed by atoms with E-state index < -0.39 is 5.41 Å². The van der Waals surface area contributed by atoms with E-state index in [2.05, 4.69) is 198 Å². The maximum absolute atomic E-state index is 9.67. The molecule has 13 aromatic carbocycles. The predicted molar refractivity (Wildman–Crippen MR) is 327 cm³/mol. The van der Waals surface area contributed by atoms with Crippen molar-refractivity contribution in [1.29, 1.82) is 0 Å². The Labute approximate surface area is 459 Å². The number of aromatic nitrogens is 1. The first-order valence-corrected chi connectivity index (χ1v) is 26.7. The van der Waals surface area contributed by atoms with Gasteiger partial charge in [0.05, 0.1) is 27.6 Å². The van der Waals surface area contributed by atoms with Crippen molar-refractivity contribution in [3.63, 3.8) is 0 Å². The molecule has 0 N–H and O–H groups in total. The molecule has 2 aliphatic carbocycles. The van der Waals surface area contributed by atoms with Crippen LogP contribution in [-0.2, 0) is 5.41 Å². The standard InChI is InChI=1S/C75H49N3/c1-3-20-55(21-4-1)77(72-33-17-19-51-18-7-8-24-61(51)72)57-39-36-50(37-40-57)52-34-35-54-47-58(41-38-53(54)46-52)76(59-43-45-74-67(48-59)66-28-12-16-32-73(66)78(74)56-22-5-2-6-23-56)60-42-44-65-64-27-11-15-31-70(64)75(71(65)49-60)68-29-13-9-25-62(68)63-26-10-14-30-69(63)75/h1-49H/i36D,37D,39D,40D. The molecule has 16 rings (SSSR count). The third-order valence-corrected chi connectivity index (χ3v) is 16.4. The molecule has 1 aromatic heterocycles. The van der Waals surface area contributed by atoms with Gasteiger partial charge in [-0.05, 0) is 169 Å². The van der Waals surface area contributed by atoms with E-state index in [1.165, 1.54) is 49.9 Å². The van der Waals surface area contributed by atoms with Crippen LogP contribution in [0.15, 0.2) is 297 Å². The molecule has 364 valence electrons. The van der Waals surface area contributed by atoms with Crippen LogP contribution in [0.25, 0.3) is 82.4 Å². The molecular formula is C75H49N3. The summed E-state index contributed by atoms with van der Waals surface area (Å²) < 4.78 is 41.0. The number of para-hydroxylation sites is 3. The summed E-state index contributed by atoms with van der Waals surface area (Å²) >= 11 is 0. The maximum atomic E-state index is 9.67. The molecule has 1 spiro atoms. The van der Waals surface area contributed by atoms with Gasteiger partial charge in [-0.1, -0.05) is 200 Å². The summed E-state index contributed by atoms with van der Waals surface area (Å²) in [6, 6.07) is 95.7. The Morgan fingerprint density at radius 3 is 1.58 bits per heavy atom. The molecular weight excluding hydrogens is 943 g/mol. The summed E-state index contributed by atoms with van der Waals surface area (Å²) in [4.78, 5) is 4.26. The van der Waals surface area contributed by atoms with Crippen LogP contribution >= 0.6 is 0 Å². The Kier molecular flexibility index (Phi) is 8.97.